The van der Waals surface area contributed by atoms with Crippen LogP contribution in [0, 0.1) is 0 Å². The van der Waals surface area contributed by atoms with E-state index < -0.39 is 23.6 Å². The highest BCUT2D eigenvalue weighted by atomic mass is 19.4. The van der Waals surface area contributed by atoms with Crippen LogP contribution in [0.5, 0.6) is 0 Å². The Balaban J connectivity index is 3.29. The Morgan fingerprint density at radius 2 is 1.85 bits per heavy atom. The quantitative estimate of drug-likeness (QED) is 0.402. The van der Waals surface area contributed by atoms with E-state index in [4.69, 9.17) is 0 Å². The molecule has 20 heavy (non-hydrogen) atoms. The van der Waals surface area contributed by atoms with Crippen LogP contribution in [0.15, 0.2) is 18.2 Å². The Bertz CT molecular complexity index is 527. The maximum Gasteiger partial charge on any atom is 0.458 e. The fourth-order valence-electron chi connectivity index (χ4n) is 1.40. The average molecular weight is 297 g/mol. The van der Waals surface area contributed by atoms with Crippen molar-refractivity contribution in [2.75, 3.05) is 12.4 Å². The van der Waals surface area contributed by atoms with Gasteiger partial charge in [0.25, 0.3) is 0 Å². The third-order valence-corrected chi connectivity index (χ3v) is 2.38. The summed E-state index contributed by atoms with van der Waals surface area (Å²) in [6.45, 7) is -0.181. The summed E-state index contributed by atoms with van der Waals surface area (Å²) in [6, 6.07) is 1.62. The number of benzene rings is 1. The van der Waals surface area contributed by atoms with Crippen molar-refractivity contribution in [3.63, 3.8) is 0 Å². The van der Waals surface area contributed by atoms with Crippen molar-refractivity contribution < 1.29 is 36.3 Å². The van der Waals surface area contributed by atoms with Crippen molar-refractivity contribution in [3.8, 4) is 0 Å². The van der Waals surface area contributed by atoms with Crippen molar-refractivity contribution in [3.05, 3.63) is 29.3 Å². The molecule has 0 aliphatic rings. The highest BCUT2D eigenvalue weighted by molar-refractivity contribution is 5.98. The predicted octanol–water partition coefficient (Wildman–Crippen LogP) is 2.70. The Kier molecular flexibility index (Phi) is 4.31. The minimum Gasteiger partial charge on any atom is -0.392 e. The molecule has 1 N–H and O–H groups in total. The molecule has 0 bridgehead atoms. The van der Waals surface area contributed by atoms with E-state index in [1.54, 1.807) is 0 Å². The standard InChI is InChI=1S/C11H8F5NO3/c1-17-8-4-6(10(12,13)11(14,15)16)2-3-7(8)9(19)20-5-18/h2-5,17H,1H3. The summed E-state index contributed by atoms with van der Waals surface area (Å²) in [5.74, 6) is -6.24. The maximum atomic E-state index is 13.1. The van der Waals surface area contributed by atoms with Gasteiger partial charge in [-0.15, -0.1) is 0 Å². The first-order valence-corrected chi connectivity index (χ1v) is 5.06. The van der Waals surface area contributed by atoms with E-state index in [1.165, 1.54) is 7.05 Å². The Labute approximate surface area is 109 Å². The van der Waals surface area contributed by atoms with Gasteiger partial charge in [0.15, 0.2) is 0 Å². The van der Waals surface area contributed by atoms with Gasteiger partial charge in [0, 0.05) is 18.3 Å². The van der Waals surface area contributed by atoms with Crippen LogP contribution in [0.2, 0.25) is 0 Å². The smallest absolute Gasteiger partial charge is 0.392 e. The number of nitrogens with one attached hydrogen (secondary N) is 1. The van der Waals surface area contributed by atoms with Gasteiger partial charge in [-0.25, -0.2) is 4.79 Å². The number of alkyl halides is 5. The van der Waals surface area contributed by atoms with Gasteiger partial charge in [0.05, 0.1) is 5.56 Å². The van der Waals surface area contributed by atoms with Crippen molar-refractivity contribution in [2.24, 2.45) is 0 Å². The normalized spacial score (nSPS) is 11.9. The Morgan fingerprint density at radius 1 is 1.25 bits per heavy atom. The molecule has 0 fully saturated rings. The number of carbonyl (C=O) groups is 2. The SMILES string of the molecule is CNc1cc(C(F)(F)C(F)(F)F)ccc1C(=O)OC=O. The minimum atomic E-state index is -5.76. The summed E-state index contributed by atoms with van der Waals surface area (Å²) in [4.78, 5) is 21.3. The highest BCUT2D eigenvalue weighted by Crippen LogP contribution is 2.44. The summed E-state index contributed by atoms with van der Waals surface area (Å²) < 4.78 is 66.9. The molecule has 0 aliphatic heterocycles. The van der Waals surface area contributed by atoms with Crippen LogP contribution < -0.4 is 5.32 Å². The van der Waals surface area contributed by atoms with Gasteiger partial charge in [0.2, 0.25) is 0 Å². The fourth-order valence-corrected chi connectivity index (χ4v) is 1.40. The van der Waals surface area contributed by atoms with Crippen LogP contribution in [0.25, 0.3) is 0 Å². The lowest BCUT2D eigenvalue weighted by Crippen LogP contribution is -2.33. The Morgan fingerprint density at radius 3 is 2.30 bits per heavy atom. The first kappa shape index (κ1) is 15.9. The lowest BCUT2D eigenvalue weighted by molar-refractivity contribution is -0.289. The molecule has 0 radical (unpaired) electrons. The van der Waals surface area contributed by atoms with Crippen LogP contribution in [-0.4, -0.2) is 25.7 Å². The highest BCUT2D eigenvalue weighted by Gasteiger charge is 2.58. The van der Waals surface area contributed by atoms with Gasteiger partial charge >= 0.3 is 24.5 Å². The number of hydrogen-bond acceptors (Lipinski definition) is 4. The van der Waals surface area contributed by atoms with E-state index in [0.717, 1.165) is 0 Å². The third-order valence-electron chi connectivity index (χ3n) is 2.38. The third kappa shape index (κ3) is 2.86. The van der Waals surface area contributed by atoms with Crippen molar-refractivity contribution in [2.45, 2.75) is 12.1 Å². The number of halogens is 5. The van der Waals surface area contributed by atoms with Gasteiger partial charge in [-0.2, -0.15) is 22.0 Å². The van der Waals surface area contributed by atoms with E-state index in [-0.39, 0.29) is 17.7 Å². The van der Waals surface area contributed by atoms with E-state index in [1.807, 2.05) is 0 Å². The van der Waals surface area contributed by atoms with Gasteiger partial charge in [0.1, 0.15) is 0 Å². The van der Waals surface area contributed by atoms with Crippen molar-refractivity contribution in [1.82, 2.24) is 0 Å². The number of anilines is 1. The number of carbonyl (C=O) groups excluding carboxylic acids is 2. The first-order chi connectivity index (χ1) is 9.15. The fraction of sp³-hybridized carbons (Fsp3) is 0.273. The zero-order valence-electron chi connectivity index (χ0n) is 9.92. The van der Waals surface area contributed by atoms with E-state index >= 15 is 0 Å². The number of esters is 1. The summed E-state index contributed by atoms with van der Waals surface area (Å²) in [6.07, 6.45) is -5.76. The molecule has 9 heteroatoms. The lowest BCUT2D eigenvalue weighted by Gasteiger charge is -2.21. The molecular weight excluding hydrogens is 289 g/mol. The second kappa shape index (κ2) is 5.43. The monoisotopic (exact) mass is 297 g/mol. The number of hydrogen-bond donors (Lipinski definition) is 1. The van der Waals surface area contributed by atoms with E-state index in [2.05, 4.69) is 10.1 Å². The molecular formula is C11H8F5NO3. The van der Waals surface area contributed by atoms with E-state index in [0.29, 0.717) is 18.2 Å². The molecule has 0 saturated heterocycles. The van der Waals surface area contributed by atoms with Crippen LogP contribution in [0.1, 0.15) is 15.9 Å². The van der Waals surface area contributed by atoms with Crippen LogP contribution >= 0.6 is 0 Å². The molecule has 0 unspecified atom stereocenters. The minimum absolute atomic E-state index is 0.181. The zero-order valence-corrected chi connectivity index (χ0v) is 9.92. The average Bonchev–Trinajstić information content (AvgIpc) is 2.36. The maximum absolute atomic E-state index is 13.1. The summed E-state index contributed by atoms with van der Waals surface area (Å²) in [7, 11) is 1.21. The molecule has 1 aromatic rings. The van der Waals surface area contributed by atoms with Gasteiger partial charge in [-0.1, -0.05) is 6.07 Å². The molecule has 0 aliphatic carbocycles. The molecule has 0 heterocycles. The van der Waals surface area contributed by atoms with Crippen LogP contribution in [-0.2, 0) is 15.5 Å². The molecule has 110 valence electrons. The molecule has 0 aromatic heterocycles. The summed E-state index contributed by atoms with van der Waals surface area (Å²) in [5.41, 5.74) is -2.00. The summed E-state index contributed by atoms with van der Waals surface area (Å²) >= 11 is 0. The van der Waals surface area contributed by atoms with Gasteiger partial charge < -0.3 is 10.1 Å². The summed E-state index contributed by atoms with van der Waals surface area (Å²) in [5, 5.41) is 2.28. The second-order valence-electron chi connectivity index (χ2n) is 3.58. The molecule has 4 nitrogen and oxygen atoms in total. The number of rotatable bonds is 4. The molecule has 0 atom stereocenters. The second-order valence-corrected chi connectivity index (χ2v) is 3.58. The zero-order chi connectivity index (χ0) is 15.6. The van der Waals surface area contributed by atoms with Crippen molar-refractivity contribution >= 4 is 18.1 Å². The topological polar surface area (TPSA) is 55.4 Å². The largest absolute Gasteiger partial charge is 0.458 e. The van der Waals surface area contributed by atoms with Gasteiger partial charge in [-0.3, -0.25) is 4.79 Å². The molecule has 1 rings (SSSR count). The number of ether oxygens (including phenoxy) is 1. The molecule has 1 aromatic carbocycles. The van der Waals surface area contributed by atoms with Crippen molar-refractivity contribution in [1.29, 1.82) is 0 Å². The van der Waals surface area contributed by atoms with Crippen LogP contribution in [0.3, 0.4) is 0 Å². The van der Waals surface area contributed by atoms with Gasteiger partial charge in [-0.05, 0) is 12.1 Å². The predicted molar refractivity (Wildman–Crippen MR) is 57.4 cm³/mol. The Hall–Kier alpha value is -2.19. The molecule has 0 amide bonds. The molecule has 0 spiro atoms. The van der Waals surface area contributed by atoms with Crippen LogP contribution in [0.4, 0.5) is 27.6 Å². The lowest BCUT2D eigenvalue weighted by atomic mass is 10.0. The van der Waals surface area contributed by atoms with E-state index in [9.17, 15) is 31.5 Å². The first-order valence-electron chi connectivity index (χ1n) is 5.06. The molecule has 0 saturated carbocycles.